The van der Waals surface area contributed by atoms with Crippen LogP contribution in [0.4, 0.5) is 5.69 Å². The van der Waals surface area contributed by atoms with Crippen LogP contribution in [0.3, 0.4) is 0 Å². The van der Waals surface area contributed by atoms with Crippen LogP contribution < -0.4 is 5.73 Å². The molecule has 0 saturated heterocycles. The highest BCUT2D eigenvalue weighted by molar-refractivity contribution is 5.96. The summed E-state index contributed by atoms with van der Waals surface area (Å²) < 4.78 is 6.93. The summed E-state index contributed by atoms with van der Waals surface area (Å²) in [7, 11) is 1.36. The second-order valence-electron chi connectivity index (χ2n) is 4.88. The molecule has 0 saturated carbocycles. The first-order valence-electron chi connectivity index (χ1n) is 6.70. The molecule has 0 fully saturated rings. The van der Waals surface area contributed by atoms with E-state index in [0.29, 0.717) is 17.8 Å². The fourth-order valence-electron chi connectivity index (χ4n) is 2.56. The number of hydrogen-bond acceptors (Lipinski definition) is 3. The summed E-state index contributed by atoms with van der Waals surface area (Å²) in [5.74, 6) is -0.403. The lowest BCUT2D eigenvalue weighted by atomic mass is 10.1. The van der Waals surface area contributed by atoms with Crippen molar-refractivity contribution in [2.45, 2.75) is 6.54 Å². The largest absolute Gasteiger partial charge is 0.465 e. The summed E-state index contributed by atoms with van der Waals surface area (Å²) in [5, 5.41) is 1.17. The fourth-order valence-corrected chi connectivity index (χ4v) is 2.56. The van der Waals surface area contributed by atoms with Crippen molar-refractivity contribution in [3.05, 3.63) is 65.9 Å². The van der Waals surface area contributed by atoms with Gasteiger partial charge in [-0.3, -0.25) is 0 Å². The van der Waals surface area contributed by atoms with E-state index in [2.05, 4.69) is 22.8 Å². The van der Waals surface area contributed by atoms with E-state index in [9.17, 15) is 4.79 Å². The zero-order valence-corrected chi connectivity index (χ0v) is 11.7. The van der Waals surface area contributed by atoms with E-state index < -0.39 is 5.97 Å². The number of nitrogens with zero attached hydrogens (tertiary/aromatic N) is 1. The Morgan fingerprint density at radius 1 is 1.14 bits per heavy atom. The van der Waals surface area contributed by atoms with Gasteiger partial charge in [-0.2, -0.15) is 0 Å². The number of anilines is 1. The molecule has 106 valence electrons. The molecule has 0 unspecified atom stereocenters. The molecule has 3 rings (SSSR count). The SMILES string of the molecule is COC(=O)c1c(N)cccc1Cn1ccc2ccccc21. The molecule has 0 amide bonds. The number of carbonyl (C=O) groups is 1. The van der Waals surface area contributed by atoms with Gasteiger partial charge in [-0.15, -0.1) is 0 Å². The molecule has 1 aromatic heterocycles. The lowest BCUT2D eigenvalue weighted by molar-refractivity contribution is 0.0600. The lowest BCUT2D eigenvalue weighted by Crippen LogP contribution is -2.11. The van der Waals surface area contributed by atoms with Crippen molar-refractivity contribution in [2.75, 3.05) is 12.8 Å². The minimum atomic E-state index is -0.403. The van der Waals surface area contributed by atoms with Crippen LogP contribution in [-0.4, -0.2) is 17.6 Å². The van der Waals surface area contributed by atoms with E-state index in [1.165, 1.54) is 12.5 Å². The molecule has 2 aromatic carbocycles. The highest BCUT2D eigenvalue weighted by atomic mass is 16.5. The zero-order chi connectivity index (χ0) is 14.8. The molecule has 1 heterocycles. The van der Waals surface area contributed by atoms with Crippen LogP contribution in [0.5, 0.6) is 0 Å². The van der Waals surface area contributed by atoms with Crippen molar-refractivity contribution in [1.82, 2.24) is 4.57 Å². The van der Waals surface area contributed by atoms with Crippen LogP contribution in [-0.2, 0) is 11.3 Å². The quantitative estimate of drug-likeness (QED) is 0.592. The maximum atomic E-state index is 11.9. The number of carbonyl (C=O) groups excluding carboxylic acids is 1. The van der Waals surface area contributed by atoms with Gasteiger partial charge in [-0.25, -0.2) is 4.79 Å². The van der Waals surface area contributed by atoms with Crippen LogP contribution in [0.1, 0.15) is 15.9 Å². The molecule has 0 aliphatic carbocycles. The van der Waals surface area contributed by atoms with Crippen molar-refractivity contribution in [3.8, 4) is 0 Å². The van der Waals surface area contributed by atoms with Gasteiger partial charge >= 0.3 is 5.97 Å². The fraction of sp³-hybridized carbons (Fsp3) is 0.118. The Hall–Kier alpha value is -2.75. The van der Waals surface area contributed by atoms with Gasteiger partial charge in [0.25, 0.3) is 0 Å². The van der Waals surface area contributed by atoms with Gasteiger partial charge in [0.2, 0.25) is 0 Å². The molecule has 0 spiro atoms. The number of rotatable bonds is 3. The normalized spacial score (nSPS) is 10.7. The van der Waals surface area contributed by atoms with E-state index in [-0.39, 0.29) is 0 Å². The second-order valence-corrected chi connectivity index (χ2v) is 4.88. The van der Waals surface area contributed by atoms with Crippen molar-refractivity contribution >= 4 is 22.6 Å². The number of fused-ring (bicyclic) bond motifs is 1. The molecule has 0 bridgehead atoms. The Kier molecular flexibility index (Phi) is 3.36. The molecule has 0 atom stereocenters. The highest BCUT2D eigenvalue weighted by Gasteiger charge is 2.15. The maximum absolute atomic E-state index is 11.9. The first-order chi connectivity index (χ1) is 10.2. The first-order valence-corrected chi connectivity index (χ1v) is 6.70. The first kappa shape index (κ1) is 13.2. The Labute approximate surface area is 122 Å². The summed E-state index contributed by atoms with van der Waals surface area (Å²) in [5.41, 5.74) is 8.78. The van der Waals surface area contributed by atoms with E-state index in [4.69, 9.17) is 10.5 Å². The summed E-state index contributed by atoms with van der Waals surface area (Å²) in [6.45, 7) is 0.572. The highest BCUT2D eigenvalue weighted by Crippen LogP contribution is 2.22. The van der Waals surface area contributed by atoms with Gasteiger partial charge in [0.15, 0.2) is 0 Å². The van der Waals surface area contributed by atoms with Crippen LogP contribution in [0.25, 0.3) is 10.9 Å². The number of aromatic nitrogens is 1. The molecule has 4 heteroatoms. The number of benzene rings is 2. The topological polar surface area (TPSA) is 57.2 Å². The van der Waals surface area contributed by atoms with Gasteiger partial charge in [0, 0.05) is 23.9 Å². The van der Waals surface area contributed by atoms with Crippen LogP contribution in [0.2, 0.25) is 0 Å². The van der Waals surface area contributed by atoms with Crippen molar-refractivity contribution < 1.29 is 9.53 Å². The minimum Gasteiger partial charge on any atom is -0.465 e. The molecule has 4 nitrogen and oxygen atoms in total. The van der Waals surface area contributed by atoms with Crippen LogP contribution in [0.15, 0.2) is 54.7 Å². The molecule has 0 aliphatic heterocycles. The maximum Gasteiger partial charge on any atom is 0.340 e. The average Bonchev–Trinajstić information content (AvgIpc) is 2.90. The van der Waals surface area contributed by atoms with Crippen LogP contribution >= 0.6 is 0 Å². The second kappa shape index (κ2) is 5.32. The molecular weight excluding hydrogens is 264 g/mol. The molecule has 0 aliphatic rings. The number of nitrogen functional groups attached to an aromatic ring is 1. The van der Waals surface area contributed by atoms with Gasteiger partial charge in [-0.1, -0.05) is 30.3 Å². The monoisotopic (exact) mass is 280 g/mol. The lowest BCUT2D eigenvalue weighted by Gasteiger charge is -2.12. The van der Waals surface area contributed by atoms with E-state index in [1.807, 2.05) is 30.5 Å². The summed E-state index contributed by atoms with van der Waals surface area (Å²) in [6, 6.07) is 15.6. The number of para-hydroxylation sites is 1. The number of esters is 1. The van der Waals surface area contributed by atoms with Crippen LogP contribution in [0, 0.1) is 0 Å². The number of nitrogens with two attached hydrogens (primary N) is 1. The van der Waals surface area contributed by atoms with E-state index >= 15 is 0 Å². The van der Waals surface area contributed by atoms with E-state index in [0.717, 1.165) is 11.1 Å². The number of methoxy groups -OCH3 is 1. The summed E-state index contributed by atoms with van der Waals surface area (Å²) in [6.07, 6.45) is 2.01. The average molecular weight is 280 g/mol. The van der Waals surface area contributed by atoms with Crippen molar-refractivity contribution in [1.29, 1.82) is 0 Å². The third-order valence-corrected chi connectivity index (χ3v) is 3.59. The molecule has 21 heavy (non-hydrogen) atoms. The third-order valence-electron chi connectivity index (χ3n) is 3.59. The smallest absolute Gasteiger partial charge is 0.340 e. The minimum absolute atomic E-state index is 0.403. The molecular formula is C17H16N2O2. The van der Waals surface area contributed by atoms with Gasteiger partial charge in [-0.05, 0) is 29.1 Å². The van der Waals surface area contributed by atoms with Gasteiger partial charge in [0.1, 0.15) is 0 Å². The Balaban J connectivity index is 2.06. The van der Waals surface area contributed by atoms with Crippen molar-refractivity contribution in [2.24, 2.45) is 0 Å². The Morgan fingerprint density at radius 3 is 2.76 bits per heavy atom. The predicted molar refractivity (Wildman–Crippen MR) is 83.2 cm³/mol. The summed E-state index contributed by atoms with van der Waals surface area (Å²) >= 11 is 0. The van der Waals surface area contributed by atoms with Crippen molar-refractivity contribution in [3.63, 3.8) is 0 Å². The summed E-state index contributed by atoms with van der Waals surface area (Å²) in [4.78, 5) is 11.9. The third kappa shape index (κ3) is 2.36. The molecule has 2 N–H and O–H groups in total. The standard InChI is InChI=1S/C17H16N2O2/c1-21-17(20)16-13(6-4-7-14(16)18)11-19-10-9-12-5-2-3-8-15(12)19/h2-10H,11,18H2,1H3. The molecule has 3 aromatic rings. The number of hydrogen-bond donors (Lipinski definition) is 1. The zero-order valence-electron chi connectivity index (χ0n) is 11.7. The molecule has 0 radical (unpaired) electrons. The van der Waals surface area contributed by atoms with Gasteiger partial charge < -0.3 is 15.0 Å². The van der Waals surface area contributed by atoms with E-state index in [1.54, 1.807) is 6.07 Å². The Morgan fingerprint density at radius 2 is 1.95 bits per heavy atom. The van der Waals surface area contributed by atoms with Gasteiger partial charge in [0.05, 0.1) is 12.7 Å². The Bertz CT molecular complexity index is 805. The predicted octanol–water partition coefficient (Wildman–Crippen LogP) is 3.06. The number of ether oxygens (including phenoxy) is 1.